The third-order valence-corrected chi connectivity index (χ3v) is 3.63. The fourth-order valence-corrected chi connectivity index (χ4v) is 1.98. The molecule has 0 aliphatic heterocycles. The van der Waals surface area contributed by atoms with Gasteiger partial charge in [-0.05, 0) is 31.2 Å². The van der Waals surface area contributed by atoms with E-state index in [9.17, 15) is 0 Å². The zero-order chi connectivity index (χ0) is 9.68. The van der Waals surface area contributed by atoms with Crippen molar-refractivity contribution in [2.75, 3.05) is 13.1 Å². The van der Waals surface area contributed by atoms with E-state index < -0.39 is 0 Å². The van der Waals surface area contributed by atoms with Gasteiger partial charge in [-0.2, -0.15) is 0 Å². The summed E-state index contributed by atoms with van der Waals surface area (Å²) in [6.45, 7) is 6.50. The van der Waals surface area contributed by atoms with Crippen LogP contribution in [-0.2, 0) is 0 Å². The number of halogens is 1. The topological polar surface area (TPSA) is 12.0 Å². The van der Waals surface area contributed by atoms with E-state index in [1.165, 1.54) is 32.2 Å². The zero-order valence-electron chi connectivity index (χ0n) is 8.85. The summed E-state index contributed by atoms with van der Waals surface area (Å²) >= 11 is 6.14. The second kappa shape index (κ2) is 5.87. The third kappa shape index (κ3) is 4.33. The second-order valence-electron chi connectivity index (χ2n) is 4.57. The molecule has 1 aliphatic rings. The van der Waals surface area contributed by atoms with E-state index in [-0.39, 0.29) is 0 Å². The number of rotatable bonds is 5. The van der Waals surface area contributed by atoms with Gasteiger partial charge in [0.1, 0.15) is 0 Å². The van der Waals surface area contributed by atoms with E-state index in [4.69, 9.17) is 11.6 Å². The van der Waals surface area contributed by atoms with Gasteiger partial charge in [0, 0.05) is 11.9 Å². The van der Waals surface area contributed by atoms with E-state index in [0.29, 0.717) is 11.3 Å². The highest BCUT2D eigenvalue weighted by molar-refractivity contribution is 6.20. The highest BCUT2D eigenvalue weighted by Crippen LogP contribution is 2.23. The molecule has 1 unspecified atom stereocenters. The predicted octanol–water partition coefficient (Wildman–Crippen LogP) is 3.03. The predicted molar refractivity (Wildman–Crippen MR) is 59.3 cm³/mol. The standard InChI is InChI=1S/C11H22ClN/c1-9(2)11(12)8-13-7-10-5-3-4-6-10/h9-11,13H,3-8H2,1-2H3. The first kappa shape index (κ1) is 11.3. The minimum absolute atomic E-state index is 0.293. The van der Waals surface area contributed by atoms with E-state index >= 15 is 0 Å². The average molecular weight is 204 g/mol. The smallest absolute Gasteiger partial charge is 0.0483 e. The van der Waals surface area contributed by atoms with Gasteiger partial charge in [0.05, 0.1) is 0 Å². The molecule has 1 saturated carbocycles. The Balaban J connectivity index is 1.99. The van der Waals surface area contributed by atoms with Crippen molar-refractivity contribution in [3.63, 3.8) is 0 Å². The molecule has 2 heteroatoms. The Kier molecular flexibility index (Phi) is 5.12. The summed E-state index contributed by atoms with van der Waals surface area (Å²) in [7, 11) is 0. The second-order valence-corrected chi connectivity index (χ2v) is 5.13. The molecule has 0 spiro atoms. The Morgan fingerprint density at radius 1 is 1.31 bits per heavy atom. The molecule has 0 bridgehead atoms. The molecule has 0 aromatic heterocycles. The van der Waals surface area contributed by atoms with Crippen LogP contribution in [0.5, 0.6) is 0 Å². The van der Waals surface area contributed by atoms with Gasteiger partial charge < -0.3 is 5.32 Å². The lowest BCUT2D eigenvalue weighted by atomic mass is 10.1. The van der Waals surface area contributed by atoms with E-state index in [2.05, 4.69) is 19.2 Å². The van der Waals surface area contributed by atoms with Crippen LogP contribution in [0.1, 0.15) is 39.5 Å². The molecular weight excluding hydrogens is 182 g/mol. The lowest BCUT2D eigenvalue weighted by molar-refractivity contribution is 0.466. The summed E-state index contributed by atoms with van der Waals surface area (Å²) < 4.78 is 0. The first-order valence-electron chi connectivity index (χ1n) is 5.55. The minimum atomic E-state index is 0.293. The normalized spacial score (nSPS) is 21.2. The van der Waals surface area contributed by atoms with Crippen molar-refractivity contribution in [1.29, 1.82) is 0 Å². The van der Waals surface area contributed by atoms with Crippen LogP contribution in [0.3, 0.4) is 0 Å². The summed E-state index contributed by atoms with van der Waals surface area (Å²) in [5.74, 6) is 1.51. The van der Waals surface area contributed by atoms with Crippen molar-refractivity contribution in [3.8, 4) is 0 Å². The molecule has 0 saturated heterocycles. The average Bonchev–Trinajstić information content (AvgIpc) is 2.56. The van der Waals surface area contributed by atoms with Gasteiger partial charge in [0.25, 0.3) is 0 Å². The van der Waals surface area contributed by atoms with Crippen LogP contribution in [0.2, 0.25) is 0 Å². The minimum Gasteiger partial charge on any atom is -0.315 e. The fraction of sp³-hybridized carbons (Fsp3) is 1.00. The monoisotopic (exact) mass is 203 g/mol. The van der Waals surface area contributed by atoms with Gasteiger partial charge in [0.2, 0.25) is 0 Å². The third-order valence-electron chi connectivity index (χ3n) is 2.97. The molecule has 78 valence electrons. The van der Waals surface area contributed by atoms with Crippen LogP contribution in [-0.4, -0.2) is 18.5 Å². The number of hydrogen-bond acceptors (Lipinski definition) is 1. The van der Waals surface area contributed by atoms with Crippen molar-refractivity contribution in [3.05, 3.63) is 0 Å². The van der Waals surface area contributed by atoms with Crippen molar-refractivity contribution >= 4 is 11.6 Å². The molecule has 1 fully saturated rings. The van der Waals surface area contributed by atoms with Crippen LogP contribution in [0.15, 0.2) is 0 Å². The highest BCUT2D eigenvalue weighted by atomic mass is 35.5. The molecule has 1 nitrogen and oxygen atoms in total. The summed E-state index contributed by atoms with van der Waals surface area (Å²) in [4.78, 5) is 0. The number of nitrogens with one attached hydrogen (secondary N) is 1. The quantitative estimate of drug-likeness (QED) is 0.678. The van der Waals surface area contributed by atoms with Gasteiger partial charge in [-0.15, -0.1) is 11.6 Å². The van der Waals surface area contributed by atoms with Crippen LogP contribution in [0, 0.1) is 11.8 Å². The van der Waals surface area contributed by atoms with Gasteiger partial charge in [-0.1, -0.05) is 26.7 Å². The molecule has 0 heterocycles. The molecule has 1 rings (SSSR count). The molecule has 13 heavy (non-hydrogen) atoms. The van der Waals surface area contributed by atoms with Crippen molar-refractivity contribution in [2.24, 2.45) is 11.8 Å². The summed E-state index contributed by atoms with van der Waals surface area (Å²) in [6, 6.07) is 0. The van der Waals surface area contributed by atoms with Crippen LogP contribution in [0.4, 0.5) is 0 Å². The Hall–Kier alpha value is 0.250. The zero-order valence-corrected chi connectivity index (χ0v) is 9.61. The number of alkyl halides is 1. The van der Waals surface area contributed by atoms with Gasteiger partial charge in [0.15, 0.2) is 0 Å². The van der Waals surface area contributed by atoms with Crippen molar-refractivity contribution in [2.45, 2.75) is 44.9 Å². The Morgan fingerprint density at radius 2 is 1.92 bits per heavy atom. The SMILES string of the molecule is CC(C)C(Cl)CNCC1CCCC1. The molecule has 0 aromatic carbocycles. The molecule has 0 radical (unpaired) electrons. The maximum Gasteiger partial charge on any atom is 0.0483 e. The lowest BCUT2D eigenvalue weighted by Crippen LogP contribution is -2.30. The van der Waals surface area contributed by atoms with Crippen LogP contribution < -0.4 is 5.32 Å². The first-order chi connectivity index (χ1) is 6.20. The molecule has 1 aliphatic carbocycles. The molecule has 0 amide bonds. The molecule has 0 aromatic rings. The fourth-order valence-electron chi connectivity index (χ4n) is 1.88. The van der Waals surface area contributed by atoms with E-state index in [0.717, 1.165) is 12.5 Å². The van der Waals surface area contributed by atoms with Crippen molar-refractivity contribution in [1.82, 2.24) is 5.32 Å². The Morgan fingerprint density at radius 3 is 2.46 bits per heavy atom. The maximum absolute atomic E-state index is 6.14. The Labute approximate surface area is 87.2 Å². The maximum atomic E-state index is 6.14. The molecule has 1 atom stereocenters. The largest absolute Gasteiger partial charge is 0.315 e. The summed E-state index contributed by atoms with van der Waals surface area (Å²) in [6.07, 6.45) is 5.70. The van der Waals surface area contributed by atoms with Crippen LogP contribution >= 0.6 is 11.6 Å². The highest BCUT2D eigenvalue weighted by Gasteiger charge is 2.15. The van der Waals surface area contributed by atoms with Gasteiger partial charge in [-0.25, -0.2) is 0 Å². The molecule has 1 N–H and O–H groups in total. The summed E-state index contributed by atoms with van der Waals surface area (Å²) in [5.41, 5.74) is 0. The van der Waals surface area contributed by atoms with Gasteiger partial charge in [-0.3, -0.25) is 0 Å². The van der Waals surface area contributed by atoms with Crippen LogP contribution in [0.25, 0.3) is 0 Å². The Bertz CT molecular complexity index is 128. The molecular formula is C11H22ClN. The lowest BCUT2D eigenvalue weighted by Gasteiger charge is -2.16. The number of hydrogen-bond donors (Lipinski definition) is 1. The van der Waals surface area contributed by atoms with E-state index in [1.54, 1.807) is 0 Å². The first-order valence-corrected chi connectivity index (χ1v) is 5.98. The van der Waals surface area contributed by atoms with E-state index in [1.807, 2.05) is 0 Å². The van der Waals surface area contributed by atoms with Gasteiger partial charge >= 0.3 is 0 Å². The van der Waals surface area contributed by atoms with Crippen molar-refractivity contribution < 1.29 is 0 Å². The summed E-state index contributed by atoms with van der Waals surface area (Å²) in [5, 5.41) is 3.77.